The van der Waals surface area contributed by atoms with Crippen LogP contribution in [0.15, 0.2) is 48.5 Å². The smallest absolute Gasteiger partial charge is 0.315 e. The van der Waals surface area contributed by atoms with E-state index in [2.05, 4.69) is 34.6 Å². The average molecular weight is 510 g/mol. The predicted octanol–water partition coefficient (Wildman–Crippen LogP) is 5.06. The van der Waals surface area contributed by atoms with Crippen LogP contribution in [0.5, 0.6) is 0 Å². The number of carbonyl (C=O) groups excluding carboxylic acids is 1. The zero-order valence-corrected chi connectivity index (χ0v) is 22.3. The van der Waals surface area contributed by atoms with E-state index in [1.807, 2.05) is 43.3 Å². The number of hydrogen-bond donors (Lipinski definition) is 3. The van der Waals surface area contributed by atoms with Gasteiger partial charge >= 0.3 is 6.03 Å². The van der Waals surface area contributed by atoms with E-state index in [-0.39, 0.29) is 30.8 Å². The molecule has 2 aromatic carbocycles. The van der Waals surface area contributed by atoms with E-state index in [9.17, 15) is 9.90 Å². The van der Waals surface area contributed by atoms with Crippen LogP contribution < -0.4 is 10.6 Å². The first-order valence-corrected chi connectivity index (χ1v) is 13.9. The fourth-order valence-electron chi connectivity index (χ4n) is 5.28. The Bertz CT molecular complexity index is 958. The molecule has 0 spiro atoms. The van der Waals surface area contributed by atoms with Crippen molar-refractivity contribution in [2.45, 2.75) is 77.6 Å². The van der Waals surface area contributed by atoms with E-state index in [1.165, 1.54) is 32.1 Å². The summed E-state index contributed by atoms with van der Waals surface area (Å²) in [6.07, 6.45) is 5.93. The monoisotopic (exact) mass is 509 g/mol. The minimum atomic E-state index is -0.469. The van der Waals surface area contributed by atoms with Gasteiger partial charge in [-0.25, -0.2) is 4.79 Å². The maximum atomic E-state index is 11.7. The van der Waals surface area contributed by atoms with Crippen LogP contribution in [-0.2, 0) is 22.6 Å². The van der Waals surface area contributed by atoms with E-state index in [1.54, 1.807) is 0 Å². The van der Waals surface area contributed by atoms with E-state index in [0.29, 0.717) is 13.1 Å². The molecule has 2 aliphatic heterocycles. The minimum Gasteiger partial charge on any atom is -0.392 e. The largest absolute Gasteiger partial charge is 0.392 e. The van der Waals surface area contributed by atoms with Crippen LogP contribution in [0.1, 0.15) is 80.6 Å². The number of nitrogens with zero attached hydrogens (tertiary/aromatic N) is 1. The lowest BCUT2D eigenvalue weighted by Gasteiger charge is -2.43. The number of hydrogen-bond acceptors (Lipinski definition) is 5. The number of aliphatic hydroxyl groups is 1. The Morgan fingerprint density at radius 2 is 1.51 bits per heavy atom. The minimum absolute atomic E-state index is 0.0337. The van der Waals surface area contributed by atoms with E-state index in [0.717, 1.165) is 41.9 Å². The number of benzene rings is 2. The van der Waals surface area contributed by atoms with Gasteiger partial charge in [-0.15, -0.1) is 0 Å². The summed E-state index contributed by atoms with van der Waals surface area (Å²) in [7, 11) is 0. The van der Waals surface area contributed by atoms with E-state index in [4.69, 9.17) is 9.47 Å². The third-order valence-corrected chi connectivity index (χ3v) is 7.55. The fraction of sp³-hybridized carbons (Fsp3) is 0.567. The Morgan fingerprint density at radius 3 is 2.16 bits per heavy atom. The fourth-order valence-corrected chi connectivity index (χ4v) is 5.28. The molecule has 0 saturated carbocycles. The predicted molar refractivity (Wildman–Crippen MR) is 145 cm³/mol. The number of likely N-dealkylation sites (tertiary alicyclic amines) is 1. The van der Waals surface area contributed by atoms with Gasteiger partial charge in [0.05, 0.1) is 18.8 Å². The summed E-state index contributed by atoms with van der Waals surface area (Å²) in [4.78, 5) is 14.3. The van der Waals surface area contributed by atoms with Crippen LogP contribution in [0, 0.1) is 5.92 Å². The lowest BCUT2D eigenvalue weighted by molar-refractivity contribution is -0.276. The standard InChI is InChI=1S/C30H43N3O4/c1-3-31-30(35)32-19-23-9-15-26(16-10-23)29-36-27(20-33-17-7-5-4-6-8-18-33)22(2)28(37-29)25-13-11-24(21-34)12-14-25/h9-16,22,27-29,34H,3-8,17-21H2,1-2H3,(H2,31,32,35)/t22-,27+,28+,29+/m1/s1. The van der Waals surface area contributed by atoms with Gasteiger partial charge in [0.15, 0.2) is 6.29 Å². The topological polar surface area (TPSA) is 83.1 Å². The normalized spacial score (nSPS) is 25.2. The second-order valence-corrected chi connectivity index (χ2v) is 10.3. The highest BCUT2D eigenvalue weighted by Crippen LogP contribution is 2.42. The molecule has 0 aromatic heterocycles. The molecule has 7 heteroatoms. The number of urea groups is 1. The highest BCUT2D eigenvalue weighted by molar-refractivity contribution is 5.73. The van der Waals surface area contributed by atoms with Gasteiger partial charge in [0, 0.05) is 31.1 Å². The third-order valence-electron chi connectivity index (χ3n) is 7.55. The molecule has 7 nitrogen and oxygen atoms in total. The molecule has 4 rings (SSSR count). The summed E-state index contributed by atoms with van der Waals surface area (Å²) < 4.78 is 13.2. The second kappa shape index (κ2) is 13.9. The molecular formula is C30H43N3O4. The first-order valence-electron chi connectivity index (χ1n) is 13.9. The second-order valence-electron chi connectivity index (χ2n) is 10.3. The van der Waals surface area contributed by atoms with Crippen LogP contribution in [0.25, 0.3) is 0 Å². The van der Waals surface area contributed by atoms with Crippen LogP contribution >= 0.6 is 0 Å². The lowest BCUT2D eigenvalue weighted by Crippen LogP contribution is -2.45. The quantitative estimate of drug-likeness (QED) is 0.464. The van der Waals surface area contributed by atoms with Gasteiger partial charge in [-0.3, -0.25) is 0 Å². The molecule has 3 N–H and O–H groups in total. The van der Waals surface area contributed by atoms with Crippen molar-refractivity contribution >= 4 is 6.03 Å². The molecule has 2 aliphatic rings. The molecule has 202 valence electrons. The summed E-state index contributed by atoms with van der Waals surface area (Å²) >= 11 is 0. The summed E-state index contributed by atoms with van der Waals surface area (Å²) in [6.45, 7) is 8.38. The Labute approximate surface area is 221 Å². The molecule has 2 aromatic rings. The number of carbonyl (C=O) groups is 1. The lowest BCUT2D eigenvalue weighted by atomic mass is 9.89. The average Bonchev–Trinajstić information content (AvgIpc) is 2.90. The summed E-state index contributed by atoms with van der Waals surface area (Å²) in [5.41, 5.74) is 4.00. The van der Waals surface area contributed by atoms with Crippen molar-refractivity contribution < 1.29 is 19.4 Å². The highest BCUT2D eigenvalue weighted by atomic mass is 16.7. The van der Waals surface area contributed by atoms with E-state index >= 15 is 0 Å². The Hall–Kier alpha value is -2.45. The van der Waals surface area contributed by atoms with Crippen molar-refractivity contribution in [3.05, 3.63) is 70.8 Å². The van der Waals surface area contributed by atoms with Gasteiger partial charge in [-0.1, -0.05) is 74.7 Å². The van der Waals surface area contributed by atoms with Gasteiger partial charge < -0.3 is 30.1 Å². The highest BCUT2D eigenvalue weighted by Gasteiger charge is 2.39. The Morgan fingerprint density at radius 1 is 0.892 bits per heavy atom. The molecule has 2 saturated heterocycles. The molecule has 0 aliphatic carbocycles. The van der Waals surface area contributed by atoms with Crippen LogP contribution in [0.3, 0.4) is 0 Å². The SMILES string of the molecule is CCNC(=O)NCc1ccc([C@H]2O[C@@H](CN3CCCCCCC3)[C@@H](C)[C@@H](c3ccc(CO)cc3)O2)cc1. The molecule has 2 fully saturated rings. The van der Waals surface area contributed by atoms with Gasteiger partial charge in [0.1, 0.15) is 0 Å². The zero-order valence-electron chi connectivity index (χ0n) is 22.3. The number of ether oxygens (including phenoxy) is 2. The molecule has 0 radical (unpaired) electrons. The van der Waals surface area contributed by atoms with E-state index < -0.39 is 6.29 Å². The molecule has 0 unspecified atom stereocenters. The van der Waals surface area contributed by atoms with Crippen molar-refractivity contribution in [2.75, 3.05) is 26.2 Å². The van der Waals surface area contributed by atoms with Gasteiger partial charge in [0.25, 0.3) is 0 Å². The van der Waals surface area contributed by atoms with Crippen molar-refractivity contribution in [1.29, 1.82) is 0 Å². The maximum absolute atomic E-state index is 11.7. The molecule has 0 bridgehead atoms. The van der Waals surface area contributed by atoms with Crippen LogP contribution in [-0.4, -0.2) is 48.3 Å². The summed E-state index contributed by atoms with van der Waals surface area (Å²) in [5, 5.41) is 15.1. The summed E-state index contributed by atoms with van der Waals surface area (Å²) in [6, 6.07) is 16.0. The number of rotatable bonds is 8. The maximum Gasteiger partial charge on any atom is 0.315 e. The summed E-state index contributed by atoms with van der Waals surface area (Å²) in [5.74, 6) is 0.183. The van der Waals surface area contributed by atoms with Crippen LogP contribution in [0.2, 0.25) is 0 Å². The number of aliphatic hydroxyl groups excluding tert-OH is 1. The van der Waals surface area contributed by atoms with Gasteiger partial charge in [-0.05, 0) is 49.5 Å². The molecule has 4 atom stereocenters. The van der Waals surface area contributed by atoms with Crippen molar-refractivity contribution in [1.82, 2.24) is 15.5 Å². The van der Waals surface area contributed by atoms with Crippen molar-refractivity contribution in [2.24, 2.45) is 5.92 Å². The zero-order chi connectivity index (χ0) is 26.0. The molecule has 2 heterocycles. The Balaban J connectivity index is 1.50. The first-order chi connectivity index (χ1) is 18.1. The first kappa shape index (κ1) is 27.6. The number of amides is 2. The van der Waals surface area contributed by atoms with Crippen molar-refractivity contribution in [3.63, 3.8) is 0 Å². The Kier molecular flexibility index (Phi) is 10.4. The van der Waals surface area contributed by atoms with Gasteiger partial charge in [0.2, 0.25) is 0 Å². The molecule has 37 heavy (non-hydrogen) atoms. The molecular weight excluding hydrogens is 466 g/mol. The van der Waals surface area contributed by atoms with Gasteiger partial charge in [-0.2, -0.15) is 0 Å². The van der Waals surface area contributed by atoms with Crippen LogP contribution in [0.4, 0.5) is 4.79 Å². The number of nitrogens with one attached hydrogen (secondary N) is 2. The third kappa shape index (κ3) is 7.77. The molecule has 2 amide bonds. The van der Waals surface area contributed by atoms with Crippen molar-refractivity contribution in [3.8, 4) is 0 Å².